The number of halogens is 5. The van der Waals surface area contributed by atoms with Crippen molar-refractivity contribution >= 4 is 23.3 Å². The van der Waals surface area contributed by atoms with Crippen molar-refractivity contribution in [1.29, 1.82) is 0 Å². The standard InChI is InChI=1S/C17H14ClF4N3O/c18-12-2-1-3-13(19)15(12)16(26)25-8-6-24(7-9-25)14-5-4-11(10-23-14)17(20,21)22/h1-5,10H,6-9H2. The van der Waals surface area contributed by atoms with Gasteiger partial charge in [-0.3, -0.25) is 4.79 Å². The minimum absolute atomic E-state index is 0.0434. The second kappa shape index (κ2) is 7.11. The van der Waals surface area contributed by atoms with Gasteiger partial charge in [0.15, 0.2) is 0 Å². The fourth-order valence-electron chi connectivity index (χ4n) is 2.74. The maximum absolute atomic E-state index is 13.9. The lowest BCUT2D eigenvalue weighted by Crippen LogP contribution is -2.49. The smallest absolute Gasteiger partial charge is 0.353 e. The van der Waals surface area contributed by atoms with Crippen LogP contribution in [-0.2, 0) is 6.18 Å². The van der Waals surface area contributed by atoms with Gasteiger partial charge in [-0.15, -0.1) is 0 Å². The summed E-state index contributed by atoms with van der Waals surface area (Å²) < 4.78 is 51.7. The fraction of sp³-hybridized carbons (Fsp3) is 0.294. The molecule has 3 rings (SSSR count). The number of carbonyl (C=O) groups is 1. The molecule has 0 N–H and O–H groups in total. The number of piperazine rings is 1. The summed E-state index contributed by atoms with van der Waals surface area (Å²) in [4.78, 5) is 19.6. The average Bonchev–Trinajstić information content (AvgIpc) is 2.61. The van der Waals surface area contributed by atoms with Crippen LogP contribution in [0, 0.1) is 5.82 Å². The van der Waals surface area contributed by atoms with E-state index in [0.717, 1.165) is 12.3 Å². The van der Waals surface area contributed by atoms with Crippen LogP contribution < -0.4 is 4.90 Å². The number of rotatable bonds is 2. The van der Waals surface area contributed by atoms with Crippen LogP contribution in [0.1, 0.15) is 15.9 Å². The Labute approximate surface area is 152 Å². The molecule has 9 heteroatoms. The maximum atomic E-state index is 13.9. The van der Waals surface area contributed by atoms with Crippen molar-refractivity contribution < 1.29 is 22.4 Å². The minimum Gasteiger partial charge on any atom is -0.353 e. The number of aromatic nitrogens is 1. The SMILES string of the molecule is O=C(c1c(F)cccc1Cl)N1CCN(c2ccc(C(F)(F)F)cn2)CC1. The summed E-state index contributed by atoms with van der Waals surface area (Å²) in [5.41, 5.74) is -0.987. The van der Waals surface area contributed by atoms with E-state index in [0.29, 0.717) is 18.9 Å². The molecule has 0 unspecified atom stereocenters. The quantitative estimate of drug-likeness (QED) is 0.734. The lowest BCUT2D eigenvalue weighted by molar-refractivity contribution is -0.137. The third kappa shape index (κ3) is 3.75. The van der Waals surface area contributed by atoms with Crippen LogP contribution in [0.25, 0.3) is 0 Å². The van der Waals surface area contributed by atoms with Gasteiger partial charge in [0.1, 0.15) is 11.6 Å². The zero-order chi connectivity index (χ0) is 18.9. The van der Waals surface area contributed by atoms with E-state index < -0.39 is 23.5 Å². The Kier molecular flexibility index (Phi) is 5.04. The number of carbonyl (C=O) groups excluding carboxylic acids is 1. The van der Waals surface area contributed by atoms with Crippen LogP contribution in [0.5, 0.6) is 0 Å². The van der Waals surface area contributed by atoms with E-state index in [4.69, 9.17) is 11.6 Å². The number of anilines is 1. The van der Waals surface area contributed by atoms with Crippen molar-refractivity contribution in [3.05, 3.63) is 58.5 Å². The minimum atomic E-state index is -4.43. The van der Waals surface area contributed by atoms with Gasteiger partial charge in [-0.2, -0.15) is 13.2 Å². The molecule has 2 aromatic rings. The molecule has 0 saturated carbocycles. The van der Waals surface area contributed by atoms with Crippen molar-refractivity contribution in [1.82, 2.24) is 9.88 Å². The Morgan fingerprint density at radius 2 is 1.77 bits per heavy atom. The van der Waals surface area contributed by atoms with E-state index in [2.05, 4.69) is 4.98 Å². The number of pyridine rings is 1. The van der Waals surface area contributed by atoms with Gasteiger partial charge in [0.2, 0.25) is 0 Å². The summed E-state index contributed by atoms with van der Waals surface area (Å²) in [7, 11) is 0. The van der Waals surface area contributed by atoms with Gasteiger partial charge in [-0.05, 0) is 24.3 Å². The summed E-state index contributed by atoms with van der Waals surface area (Å²) in [6.45, 7) is 1.31. The average molecular weight is 388 g/mol. The van der Waals surface area contributed by atoms with Crippen molar-refractivity contribution in [3.8, 4) is 0 Å². The van der Waals surface area contributed by atoms with E-state index in [1.807, 2.05) is 0 Å². The van der Waals surface area contributed by atoms with Crippen LogP contribution >= 0.6 is 11.6 Å². The summed E-state index contributed by atoms with van der Waals surface area (Å²) in [6, 6.07) is 6.30. The molecule has 0 radical (unpaired) electrons. The number of alkyl halides is 3. The van der Waals surface area contributed by atoms with Gasteiger partial charge in [-0.1, -0.05) is 17.7 Å². The highest BCUT2D eigenvalue weighted by molar-refractivity contribution is 6.33. The van der Waals surface area contributed by atoms with Gasteiger partial charge in [0, 0.05) is 32.4 Å². The monoisotopic (exact) mass is 387 g/mol. The first-order chi connectivity index (χ1) is 12.3. The van der Waals surface area contributed by atoms with Crippen LogP contribution in [0.15, 0.2) is 36.5 Å². The Hall–Kier alpha value is -2.35. The van der Waals surface area contributed by atoms with E-state index in [9.17, 15) is 22.4 Å². The third-order valence-electron chi connectivity index (χ3n) is 4.14. The van der Waals surface area contributed by atoms with Crippen molar-refractivity contribution in [2.45, 2.75) is 6.18 Å². The first kappa shape index (κ1) is 18.4. The van der Waals surface area contributed by atoms with Crippen molar-refractivity contribution in [2.75, 3.05) is 31.1 Å². The first-order valence-electron chi connectivity index (χ1n) is 7.79. The molecule has 138 valence electrons. The molecule has 1 aromatic heterocycles. The highest BCUT2D eigenvalue weighted by Gasteiger charge is 2.31. The zero-order valence-corrected chi connectivity index (χ0v) is 14.2. The number of benzene rings is 1. The molecule has 4 nitrogen and oxygen atoms in total. The van der Waals surface area contributed by atoms with E-state index in [-0.39, 0.29) is 23.7 Å². The van der Waals surface area contributed by atoms with Gasteiger partial charge in [0.05, 0.1) is 16.1 Å². The summed E-state index contributed by atoms with van der Waals surface area (Å²) in [6.07, 6.45) is -3.65. The largest absolute Gasteiger partial charge is 0.417 e. The predicted octanol–water partition coefficient (Wildman–Crippen LogP) is 3.86. The Balaban J connectivity index is 1.67. The topological polar surface area (TPSA) is 36.4 Å². The Morgan fingerprint density at radius 1 is 1.08 bits per heavy atom. The Bertz CT molecular complexity index is 782. The number of nitrogens with zero attached hydrogens (tertiary/aromatic N) is 3. The molecule has 1 amide bonds. The second-order valence-electron chi connectivity index (χ2n) is 5.78. The lowest BCUT2D eigenvalue weighted by Gasteiger charge is -2.35. The third-order valence-corrected chi connectivity index (χ3v) is 4.46. The molecule has 26 heavy (non-hydrogen) atoms. The Morgan fingerprint density at radius 3 is 2.31 bits per heavy atom. The molecule has 1 aliphatic rings. The van der Waals surface area contributed by atoms with Crippen LogP contribution in [0.2, 0.25) is 5.02 Å². The fourth-order valence-corrected chi connectivity index (χ4v) is 2.98. The molecule has 1 fully saturated rings. The van der Waals surface area contributed by atoms with Gasteiger partial charge in [-0.25, -0.2) is 9.37 Å². The highest BCUT2D eigenvalue weighted by atomic mass is 35.5. The number of hydrogen-bond donors (Lipinski definition) is 0. The molecule has 0 spiro atoms. The molecule has 0 atom stereocenters. The van der Waals surface area contributed by atoms with Crippen molar-refractivity contribution in [3.63, 3.8) is 0 Å². The predicted molar refractivity (Wildman–Crippen MR) is 88.8 cm³/mol. The van der Waals surface area contributed by atoms with Crippen LogP contribution in [-0.4, -0.2) is 42.0 Å². The van der Waals surface area contributed by atoms with Gasteiger partial charge < -0.3 is 9.80 Å². The molecule has 1 saturated heterocycles. The molecule has 0 bridgehead atoms. The maximum Gasteiger partial charge on any atom is 0.417 e. The van der Waals surface area contributed by atoms with E-state index >= 15 is 0 Å². The van der Waals surface area contributed by atoms with Crippen LogP contribution in [0.3, 0.4) is 0 Å². The number of hydrogen-bond acceptors (Lipinski definition) is 3. The summed E-state index contributed by atoms with van der Waals surface area (Å²) in [5.74, 6) is -0.795. The highest BCUT2D eigenvalue weighted by Crippen LogP contribution is 2.29. The normalized spacial score (nSPS) is 15.3. The molecule has 0 aliphatic carbocycles. The molecular formula is C17H14ClF4N3O. The van der Waals surface area contributed by atoms with Gasteiger partial charge >= 0.3 is 6.18 Å². The van der Waals surface area contributed by atoms with E-state index in [1.165, 1.54) is 29.2 Å². The molecule has 1 aromatic carbocycles. The molecule has 1 aliphatic heterocycles. The number of amides is 1. The summed E-state index contributed by atoms with van der Waals surface area (Å²) in [5, 5.41) is 0.0434. The molecule has 2 heterocycles. The van der Waals surface area contributed by atoms with Crippen LogP contribution in [0.4, 0.5) is 23.4 Å². The first-order valence-corrected chi connectivity index (χ1v) is 8.16. The van der Waals surface area contributed by atoms with E-state index in [1.54, 1.807) is 4.90 Å². The second-order valence-corrected chi connectivity index (χ2v) is 6.19. The van der Waals surface area contributed by atoms with Gasteiger partial charge in [0.25, 0.3) is 5.91 Å². The zero-order valence-electron chi connectivity index (χ0n) is 13.4. The van der Waals surface area contributed by atoms with Crippen molar-refractivity contribution in [2.24, 2.45) is 0 Å². The summed E-state index contributed by atoms with van der Waals surface area (Å²) >= 11 is 5.92. The lowest BCUT2D eigenvalue weighted by atomic mass is 10.1. The molecular weight excluding hydrogens is 374 g/mol.